The number of aromatic amines is 1. The Kier molecular flexibility index (Phi) is 3.92. The molecule has 0 radical (unpaired) electrons. The van der Waals surface area contributed by atoms with Crippen LogP contribution in [0.3, 0.4) is 0 Å². The molecule has 2 heterocycles. The third-order valence-electron chi connectivity index (χ3n) is 2.82. The van der Waals surface area contributed by atoms with Crippen molar-refractivity contribution in [1.82, 2.24) is 15.5 Å². The molecule has 1 aromatic rings. The van der Waals surface area contributed by atoms with E-state index in [0.29, 0.717) is 6.42 Å². The molecule has 4 atom stereocenters. The van der Waals surface area contributed by atoms with Gasteiger partial charge in [-0.3, -0.25) is 9.89 Å². The maximum atomic E-state index is 11.6. The van der Waals surface area contributed by atoms with Gasteiger partial charge < -0.3 is 26.0 Å². The second-order valence-electron chi connectivity index (χ2n) is 4.21. The van der Waals surface area contributed by atoms with Crippen LogP contribution in [0.4, 0.5) is 0 Å². The minimum atomic E-state index is -1.32. The molecular formula is C10H16N4O4. The Balaban J connectivity index is 1.82. The Morgan fingerprint density at radius 2 is 2.44 bits per heavy atom. The first-order valence-electron chi connectivity index (χ1n) is 5.63. The molecule has 0 aromatic carbocycles. The van der Waals surface area contributed by atoms with Crippen molar-refractivity contribution in [1.29, 1.82) is 0 Å². The van der Waals surface area contributed by atoms with Crippen LogP contribution in [0.15, 0.2) is 12.3 Å². The minimum absolute atomic E-state index is 0.198. The predicted octanol–water partition coefficient (Wildman–Crippen LogP) is -2.06. The molecule has 0 bridgehead atoms. The van der Waals surface area contributed by atoms with E-state index in [9.17, 15) is 15.0 Å². The first-order valence-corrected chi connectivity index (χ1v) is 5.63. The van der Waals surface area contributed by atoms with Crippen LogP contribution < -0.4 is 11.1 Å². The van der Waals surface area contributed by atoms with Crippen molar-refractivity contribution in [2.45, 2.75) is 31.0 Å². The van der Waals surface area contributed by atoms with Gasteiger partial charge in [-0.05, 0) is 12.5 Å². The molecule has 1 aliphatic heterocycles. The number of rotatable bonds is 3. The topological polar surface area (TPSA) is 133 Å². The molecule has 0 saturated carbocycles. The lowest BCUT2D eigenvalue weighted by Crippen LogP contribution is -2.54. The van der Waals surface area contributed by atoms with Gasteiger partial charge in [0.2, 0.25) is 0 Å². The third kappa shape index (κ3) is 2.85. The quantitative estimate of drug-likeness (QED) is 0.422. The standard InChI is InChI=1S/C10H16N4O4/c11-6-3-5(18-10(17)8(6)15)4-12-9(16)7-1-2-13-14-7/h1-2,5-6,8,10,15,17H,3-4,11H2,(H,12,16)(H,13,14)/t5-,6?,8?,10+/m0/s1. The van der Waals surface area contributed by atoms with Crippen molar-refractivity contribution in [2.24, 2.45) is 5.73 Å². The first-order chi connectivity index (χ1) is 8.58. The lowest BCUT2D eigenvalue weighted by molar-refractivity contribution is -0.219. The van der Waals surface area contributed by atoms with Crippen LogP contribution in [0.2, 0.25) is 0 Å². The Bertz CT molecular complexity index is 385. The number of amides is 1. The largest absolute Gasteiger partial charge is 0.386 e. The second-order valence-corrected chi connectivity index (χ2v) is 4.21. The van der Waals surface area contributed by atoms with Crippen molar-refractivity contribution >= 4 is 5.91 Å². The first kappa shape index (κ1) is 13.0. The monoisotopic (exact) mass is 256 g/mol. The summed E-state index contributed by atoms with van der Waals surface area (Å²) in [7, 11) is 0. The second kappa shape index (κ2) is 5.44. The lowest BCUT2D eigenvalue weighted by atomic mass is 10.0. The zero-order chi connectivity index (χ0) is 13.1. The van der Waals surface area contributed by atoms with Crippen LogP contribution in [0, 0.1) is 0 Å². The van der Waals surface area contributed by atoms with Crippen molar-refractivity contribution < 1.29 is 19.7 Å². The van der Waals surface area contributed by atoms with Crippen LogP contribution in [0.5, 0.6) is 0 Å². The van der Waals surface area contributed by atoms with E-state index in [-0.39, 0.29) is 18.1 Å². The zero-order valence-corrected chi connectivity index (χ0v) is 9.61. The molecule has 8 heteroatoms. The van der Waals surface area contributed by atoms with Gasteiger partial charge in [-0.1, -0.05) is 0 Å². The van der Waals surface area contributed by atoms with Crippen molar-refractivity contribution in [3.8, 4) is 0 Å². The number of hydrogen-bond acceptors (Lipinski definition) is 6. The van der Waals surface area contributed by atoms with Crippen molar-refractivity contribution in [3.63, 3.8) is 0 Å². The number of carbonyl (C=O) groups is 1. The number of carbonyl (C=O) groups excluding carboxylic acids is 1. The summed E-state index contributed by atoms with van der Waals surface area (Å²) in [4.78, 5) is 11.6. The molecule has 6 N–H and O–H groups in total. The van der Waals surface area contributed by atoms with Gasteiger partial charge in [0.15, 0.2) is 6.29 Å². The van der Waals surface area contributed by atoms with Gasteiger partial charge in [-0.15, -0.1) is 0 Å². The highest BCUT2D eigenvalue weighted by atomic mass is 16.6. The summed E-state index contributed by atoms with van der Waals surface area (Å²) in [5.74, 6) is -0.339. The van der Waals surface area contributed by atoms with E-state index in [1.165, 1.54) is 0 Å². The molecule has 8 nitrogen and oxygen atoms in total. The molecule has 100 valence electrons. The number of hydrogen-bond donors (Lipinski definition) is 5. The van der Waals surface area contributed by atoms with Crippen molar-refractivity contribution in [3.05, 3.63) is 18.0 Å². The molecule has 2 rings (SSSR count). The minimum Gasteiger partial charge on any atom is -0.386 e. The van der Waals surface area contributed by atoms with Gasteiger partial charge in [0.25, 0.3) is 5.91 Å². The van der Waals surface area contributed by atoms with E-state index >= 15 is 0 Å². The van der Waals surface area contributed by atoms with E-state index in [4.69, 9.17) is 10.5 Å². The summed E-state index contributed by atoms with van der Waals surface area (Å²) in [6.45, 7) is 0.198. The van der Waals surface area contributed by atoms with E-state index < -0.39 is 24.5 Å². The number of nitrogens with two attached hydrogens (primary N) is 1. The van der Waals surface area contributed by atoms with Crippen LogP contribution in [-0.2, 0) is 4.74 Å². The van der Waals surface area contributed by atoms with Gasteiger partial charge >= 0.3 is 0 Å². The maximum absolute atomic E-state index is 11.6. The highest BCUT2D eigenvalue weighted by molar-refractivity contribution is 5.92. The van der Waals surface area contributed by atoms with E-state index in [1.54, 1.807) is 12.3 Å². The van der Waals surface area contributed by atoms with Crippen LogP contribution >= 0.6 is 0 Å². The van der Waals surface area contributed by atoms with Crippen molar-refractivity contribution in [2.75, 3.05) is 6.54 Å². The van der Waals surface area contributed by atoms with Gasteiger partial charge in [0.1, 0.15) is 11.8 Å². The number of nitrogens with one attached hydrogen (secondary N) is 2. The SMILES string of the molecule is NC1C[C@@H](CNC(=O)c2cc[nH]n2)O[C@@H](O)C1O. The molecule has 0 spiro atoms. The summed E-state index contributed by atoms with van der Waals surface area (Å²) in [6.07, 6.45) is -0.938. The van der Waals surface area contributed by atoms with E-state index in [0.717, 1.165) is 0 Å². The third-order valence-corrected chi connectivity index (χ3v) is 2.82. The highest BCUT2D eigenvalue weighted by Gasteiger charge is 2.34. The summed E-state index contributed by atoms with van der Waals surface area (Å²) in [5, 5.41) is 27.7. The Labute approximate surface area is 103 Å². The normalized spacial score (nSPS) is 32.2. The molecule has 1 amide bonds. The number of ether oxygens (including phenoxy) is 1. The summed E-state index contributed by atoms with van der Waals surface area (Å²) in [6, 6.07) is 0.975. The highest BCUT2D eigenvalue weighted by Crippen LogP contribution is 2.16. The Morgan fingerprint density at radius 1 is 1.67 bits per heavy atom. The molecule has 18 heavy (non-hydrogen) atoms. The van der Waals surface area contributed by atoms with Crippen LogP contribution in [0.1, 0.15) is 16.9 Å². The van der Waals surface area contributed by atoms with Gasteiger partial charge in [-0.25, -0.2) is 0 Å². The Hall–Kier alpha value is -1.48. The zero-order valence-electron chi connectivity index (χ0n) is 9.61. The fourth-order valence-corrected chi connectivity index (χ4v) is 1.80. The van der Waals surface area contributed by atoms with Crippen LogP contribution in [0.25, 0.3) is 0 Å². The molecular weight excluding hydrogens is 240 g/mol. The Morgan fingerprint density at radius 3 is 3.06 bits per heavy atom. The molecule has 2 unspecified atom stereocenters. The summed E-state index contributed by atoms with van der Waals surface area (Å²) < 4.78 is 5.12. The number of aliphatic hydroxyl groups excluding tert-OH is 2. The lowest BCUT2D eigenvalue weighted by Gasteiger charge is -2.35. The van der Waals surface area contributed by atoms with E-state index in [1.807, 2.05) is 0 Å². The predicted molar refractivity (Wildman–Crippen MR) is 60.4 cm³/mol. The van der Waals surface area contributed by atoms with E-state index in [2.05, 4.69) is 15.5 Å². The molecule has 1 saturated heterocycles. The average molecular weight is 256 g/mol. The molecule has 1 aromatic heterocycles. The maximum Gasteiger partial charge on any atom is 0.271 e. The van der Waals surface area contributed by atoms with Gasteiger partial charge in [0, 0.05) is 18.8 Å². The smallest absolute Gasteiger partial charge is 0.271 e. The van der Waals surface area contributed by atoms with Gasteiger partial charge in [-0.2, -0.15) is 5.10 Å². The number of aromatic nitrogens is 2. The fourth-order valence-electron chi connectivity index (χ4n) is 1.80. The molecule has 1 fully saturated rings. The van der Waals surface area contributed by atoms with Crippen LogP contribution in [-0.4, -0.2) is 57.4 Å². The molecule has 0 aliphatic carbocycles. The average Bonchev–Trinajstić information content (AvgIpc) is 2.86. The summed E-state index contributed by atoms with van der Waals surface area (Å²) in [5.41, 5.74) is 5.91. The number of nitrogens with zero attached hydrogens (tertiary/aromatic N) is 1. The fraction of sp³-hybridized carbons (Fsp3) is 0.600. The summed E-state index contributed by atoms with van der Waals surface area (Å²) >= 11 is 0. The number of aliphatic hydroxyl groups is 2. The molecule has 1 aliphatic rings. The number of H-pyrrole nitrogens is 1. The van der Waals surface area contributed by atoms with Gasteiger partial charge in [0.05, 0.1) is 6.10 Å².